The molecule has 0 saturated carbocycles. The number of halogens is 3. The molecule has 2 heterocycles. The van der Waals surface area contributed by atoms with Gasteiger partial charge in [-0.25, -0.2) is 4.98 Å². The van der Waals surface area contributed by atoms with Crippen molar-refractivity contribution in [2.24, 2.45) is 5.92 Å². The van der Waals surface area contributed by atoms with E-state index in [4.69, 9.17) is 10.7 Å². The highest BCUT2D eigenvalue weighted by molar-refractivity contribution is 7.21. The average Bonchev–Trinajstić information content (AvgIpc) is 3.01. The van der Waals surface area contributed by atoms with E-state index in [0.717, 1.165) is 48.9 Å². The number of thiophene rings is 1. The van der Waals surface area contributed by atoms with Crippen LogP contribution in [0.25, 0.3) is 10.2 Å². The highest BCUT2D eigenvalue weighted by Gasteiger charge is 2.30. The Morgan fingerprint density at radius 2 is 2.14 bits per heavy atom. The lowest BCUT2D eigenvalue weighted by Gasteiger charge is -2.22. The van der Waals surface area contributed by atoms with Crippen LogP contribution in [0.3, 0.4) is 0 Å². The van der Waals surface area contributed by atoms with Gasteiger partial charge >= 0.3 is 6.18 Å². The number of rotatable bonds is 3. The molecule has 8 heteroatoms. The van der Waals surface area contributed by atoms with Crippen molar-refractivity contribution in [2.75, 3.05) is 11.1 Å². The molecule has 0 saturated heterocycles. The zero-order valence-corrected chi connectivity index (χ0v) is 16.6. The second-order valence-corrected chi connectivity index (χ2v) is 8.34. The van der Waals surface area contributed by atoms with Crippen LogP contribution in [0.1, 0.15) is 46.3 Å². The zero-order valence-electron chi connectivity index (χ0n) is 15.8. The topological polar surface area (TPSA) is 68.0 Å². The summed E-state index contributed by atoms with van der Waals surface area (Å²) in [6, 6.07) is 6.56. The van der Waals surface area contributed by atoms with Crippen LogP contribution in [-0.2, 0) is 19.0 Å². The number of hydrogen-bond acceptors (Lipinski definition) is 4. The predicted octanol–water partition coefficient (Wildman–Crippen LogP) is 5.66. The quantitative estimate of drug-likeness (QED) is 0.575. The fourth-order valence-corrected chi connectivity index (χ4v) is 4.74. The van der Waals surface area contributed by atoms with Crippen LogP contribution in [0.15, 0.2) is 30.3 Å². The highest BCUT2D eigenvalue weighted by atomic mass is 32.1. The number of fused-ring (bicyclic) bond motifs is 2. The van der Waals surface area contributed by atoms with Crippen LogP contribution in [0.4, 0.5) is 24.5 Å². The molecule has 1 aromatic carbocycles. The number of aryl methyl sites for hydroxylation is 1. The van der Waals surface area contributed by atoms with Gasteiger partial charge in [-0.2, -0.15) is 13.2 Å². The molecule has 0 radical (unpaired) electrons. The summed E-state index contributed by atoms with van der Waals surface area (Å²) in [5.41, 5.74) is 8.01. The Labute approximate surface area is 169 Å². The molecule has 4 rings (SSSR count). The number of benzene rings is 1. The van der Waals surface area contributed by atoms with E-state index in [2.05, 4.69) is 12.2 Å². The normalized spacial score (nSPS) is 16.6. The van der Waals surface area contributed by atoms with Gasteiger partial charge in [-0.05, 0) is 55.0 Å². The van der Waals surface area contributed by atoms with Crippen molar-refractivity contribution >= 4 is 38.8 Å². The molecule has 1 aliphatic rings. The lowest BCUT2D eigenvalue weighted by molar-refractivity contribution is -0.137. The van der Waals surface area contributed by atoms with Crippen LogP contribution >= 0.6 is 11.3 Å². The van der Waals surface area contributed by atoms with E-state index in [-0.39, 0.29) is 10.6 Å². The molecule has 2 aromatic heterocycles. The maximum absolute atomic E-state index is 12.9. The third-order valence-corrected chi connectivity index (χ3v) is 6.53. The van der Waals surface area contributed by atoms with E-state index in [0.29, 0.717) is 16.4 Å². The van der Waals surface area contributed by atoms with E-state index in [9.17, 15) is 18.0 Å². The Balaban J connectivity index is 1.64. The number of nitrogens with zero attached hydrogens (tertiary/aromatic N) is 1. The number of hydrogen-bond donors (Lipinski definition) is 2. The highest BCUT2D eigenvalue weighted by Crippen LogP contribution is 2.37. The van der Waals surface area contributed by atoms with Crippen LogP contribution in [-0.4, -0.2) is 10.9 Å². The molecule has 3 aromatic rings. The van der Waals surface area contributed by atoms with Crippen molar-refractivity contribution in [3.8, 4) is 0 Å². The minimum atomic E-state index is -4.48. The third-order valence-electron chi connectivity index (χ3n) is 5.42. The number of carbonyl (C=O) groups is 1. The second-order valence-electron chi connectivity index (χ2n) is 7.34. The minimum Gasteiger partial charge on any atom is -0.397 e. The smallest absolute Gasteiger partial charge is 0.397 e. The van der Waals surface area contributed by atoms with Crippen molar-refractivity contribution < 1.29 is 18.0 Å². The first-order valence-corrected chi connectivity index (χ1v) is 10.3. The Hall–Kier alpha value is -2.61. The van der Waals surface area contributed by atoms with Gasteiger partial charge in [-0.1, -0.05) is 19.4 Å². The van der Waals surface area contributed by atoms with Gasteiger partial charge in [0.25, 0.3) is 5.91 Å². The van der Waals surface area contributed by atoms with Gasteiger partial charge < -0.3 is 11.1 Å². The van der Waals surface area contributed by atoms with E-state index in [1.807, 2.05) is 6.07 Å². The van der Waals surface area contributed by atoms with E-state index in [1.165, 1.54) is 29.0 Å². The van der Waals surface area contributed by atoms with Crippen LogP contribution in [0, 0.1) is 5.92 Å². The third kappa shape index (κ3) is 3.81. The largest absolute Gasteiger partial charge is 0.416 e. The fourth-order valence-electron chi connectivity index (χ4n) is 3.74. The molecule has 0 aliphatic heterocycles. The monoisotopic (exact) mass is 419 g/mol. The molecule has 3 N–H and O–H groups in total. The summed E-state index contributed by atoms with van der Waals surface area (Å²) in [4.78, 5) is 18.4. The molecule has 152 valence electrons. The van der Waals surface area contributed by atoms with E-state index < -0.39 is 17.6 Å². The van der Waals surface area contributed by atoms with Crippen LogP contribution in [0.5, 0.6) is 0 Å². The van der Waals surface area contributed by atoms with Crippen LogP contribution < -0.4 is 11.1 Å². The number of nitrogens with one attached hydrogen (secondary N) is 1. The van der Waals surface area contributed by atoms with Crippen molar-refractivity contribution in [1.82, 2.24) is 4.98 Å². The number of nitrogen functional groups attached to an aromatic ring is 1. The van der Waals surface area contributed by atoms with E-state index in [1.54, 1.807) is 0 Å². The maximum Gasteiger partial charge on any atom is 0.416 e. The van der Waals surface area contributed by atoms with Gasteiger partial charge in [0, 0.05) is 16.8 Å². The van der Waals surface area contributed by atoms with Gasteiger partial charge in [-0.15, -0.1) is 11.3 Å². The van der Waals surface area contributed by atoms with Crippen LogP contribution in [0.2, 0.25) is 0 Å². The lowest BCUT2D eigenvalue weighted by atomic mass is 9.85. The summed E-state index contributed by atoms with van der Waals surface area (Å²) < 4.78 is 38.7. The first-order chi connectivity index (χ1) is 13.8. The van der Waals surface area contributed by atoms with Crippen molar-refractivity contribution in [3.63, 3.8) is 0 Å². The van der Waals surface area contributed by atoms with E-state index >= 15 is 0 Å². The Morgan fingerprint density at radius 3 is 2.86 bits per heavy atom. The molecular formula is C21H20F3N3OS. The molecule has 1 aliphatic carbocycles. The van der Waals surface area contributed by atoms with Crippen molar-refractivity contribution in [2.45, 2.75) is 38.8 Å². The number of alkyl halides is 3. The fraction of sp³-hybridized carbons (Fsp3) is 0.333. The summed E-state index contributed by atoms with van der Waals surface area (Å²) >= 11 is 1.17. The number of anilines is 2. The summed E-state index contributed by atoms with van der Waals surface area (Å²) in [5, 5.41) is 3.26. The molecule has 0 spiro atoms. The molecule has 4 nitrogen and oxygen atoms in total. The Morgan fingerprint density at radius 1 is 1.34 bits per heavy atom. The molecule has 0 unspecified atom stereocenters. The molecular weight excluding hydrogens is 399 g/mol. The number of pyridine rings is 1. The number of carbonyl (C=O) groups excluding carboxylic acids is 1. The Bertz CT molecular complexity index is 1090. The van der Waals surface area contributed by atoms with Gasteiger partial charge in [0.2, 0.25) is 0 Å². The SMILES string of the molecule is CC[C@@H]1CCc2nc3sc(C(=O)Nc4cccc(C(F)(F)F)c4)c(N)c3cc2C1. The number of amides is 1. The average molecular weight is 419 g/mol. The molecule has 0 bridgehead atoms. The van der Waals surface area contributed by atoms with Gasteiger partial charge in [0.05, 0.1) is 11.3 Å². The van der Waals surface area contributed by atoms with Crippen molar-refractivity contribution in [3.05, 3.63) is 52.0 Å². The lowest BCUT2D eigenvalue weighted by Crippen LogP contribution is -2.14. The maximum atomic E-state index is 12.9. The zero-order chi connectivity index (χ0) is 20.8. The molecule has 1 atom stereocenters. The standard InChI is InChI=1S/C21H20F3N3OS/c1-2-11-6-7-16-12(8-11)9-15-17(25)18(29-20(15)27-16)19(28)26-14-5-3-4-13(10-14)21(22,23)24/h3-5,9-11H,2,6-8,25H2,1H3,(H,26,28)/t11-/m1/s1. The second kappa shape index (κ2) is 7.33. The van der Waals surface area contributed by atoms with Gasteiger partial charge in [-0.3, -0.25) is 4.79 Å². The Kier molecular flexibility index (Phi) is 4.98. The first kappa shape index (κ1) is 19.7. The van der Waals surface area contributed by atoms with Gasteiger partial charge in [0.15, 0.2) is 0 Å². The first-order valence-electron chi connectivity index (χ1n) is 9.45. The number of aromatic nitrogens is 1. The predicted molar refractivity (Wildman–Crippen MR) is 109 cm³/mol. The molecule has 0 fully saturated rings. The van der Waals surface area contributed by atoms with Gasteiger partial charge in [0.1, 0.15) is 9.71 Å². The number of nitrogens with two attached hydrogens (primary N) is 1. The minimum absolute atomic E-state index is 0.0692. The summed E-state index contributed by atoms with van der Waals surface area (Å²) in [6.45, 7) is 2.18. The van der Waals surface area contributed by atoms with Crippen molar-refractivity contribution in [1.29, 1.82) is 0 Å². The molecule has 29 heavy (non-hydrogen) atoms. The summed E-state index contributed by atoms with van der Waals surface area (Å²) in [6.07, 6.45) is -0.396. The molecule has 1 amide bonds. The summed E-state index contributed by atoms with van der Waals surface area (Å²) in [5.74, 6) is 0.0968. The summed E-state index contributed by atoms with van der Waals surface area (Å²) in [7, 11) is 0.